The minimum Gasteiger partial charge on any atom is -0.460 e. The van der Waals surface area contributed by atoms with Gasteiger partial charge in [0.1, 0.15) is 5.76 Å². The largest absolute Gasteiger partial charge is 1.03 e. The van der Waals surface area contributed by atoms with Crippen molar-refractivity contribution in [2.24, 2.45) is 0 Å². The lowest BCUT2D eigenvalue weighted by atomic mass is 9.99. The Kier molecular flexibility index (Phi) is 5.00. The van der Waals surface area contributed by atoms with Crippen molar-refractivity contribution in [3.05, 3.63) is 76.9 Å². The van der Waals surface area contributed by atoms with Crippen LogP contribution in [-0.2, 0) is 4.43 Å². The summed E-state index contributed by atoms with van der Waals surface area (Å²) >= 11 is 0. The van der Waals surface area contributed by atoms with Crippen molar-refractivity contribution >= 4 is 21.5 Å². The number of hydrogen-bond donors (Lipinski definition) is 0. The Morgan fingerprint density at radius 1 is 0.750 bits per heavy atom. The maximum absolute atomic E-state index is 5.72. The van der Waals surface area contributed by atoms with E-state index in [0.717, 1.165) is 22.7 Å². The highest BCUT2D eigenvalue weighted by Crippen LogP contribution is 2.23. The second kappa shape index (κ2) is 7.18. The Bertz CT molecular complexity index is 753. The van der Waals surface area contributed by atoms with Crippen LogP contribution in [0.25, 0.3) is 5.76 Å². The molecule has 0 aliphatic carbocycles. The van der Waals surface area contributed by atoms with Gasteiger partial charge in [0.25, 0.3) is 0 Å². The maximum Gasteiger partial charge on any atom is 1.03 e. The summed E-state index contributed by atoms with van der Waals surface area (Å²) in [5, 5.41) is 0. The van der Waals surface area contributed by atoms with E-state index < -0.39 is 0 Å². The van der Waals surface area contributed by atoms with Gasteiger partial charge in [0.15, 0.2) is 0 Å². The molecule has 1 aliphatic rings. The van der Waals surface area contributed by atoms with Crippen LogP contribution in [0.15, 0.2) is 54.6 Å². The zero-order chi connectivity index (χ0) is 17.1. The number of carbonyl (C=O) groups excluding carboxylic acids is 1. The monoisotopic (exact) mass is 335 g/mol. The van der Waals surface area contributed by atoms with E-state index in [0.29, 0.717) is 11.8 Å². The van der Waals surface area contributed by atoms with Gasteiger partial charge in [-0.2, -0.15) is 0 Å². The van der Waals surface area contributed by atoms with E-state index in [1.165, 1.54) is 11.1 Å². The summed E-state index contributed by atoms with van der Waals surface area (Å²) in [6.07, 6.45) is 1.99. The van der Waals surface area contributed by atoms with Gasteiger partial charge in [0, 0.05) is 5.56 Å². The van der Waals surface area contributed by atoms with E-state index in [1.807, 2.05) is 6.08 Å². The molecule has 2 radical (unpaired) electrons. The van der Waals surface area contributed by atoms with Crippen molar-refractivity contribution in [2.45, 2.75) is 39.5 Å². The smallest absolute Gasteiger partial charge is 0.460 e. The number of benzene rings is 2. The van der Waals surface area contributed by atoms with Gasteiger partial charge >= 0.3 is 15.8 Å². The molecular formula is C21H23O2Si+. The van der Waals surface area contributed by atoms with Crippen molar-refractivity contribution in [3.8, 4) is 0 Å². The molecule has 2 aromatic carbocycles. The highest BCUT2D eigenvalue weighted by molar-refractivity contribution is 6.25. The summed E-state index contributed by atoms with van der Waals surface area (Å²) in [7, 11) is -0.00677. The van der Waals surface area contributed by atoms with Gasteiger partial charge in [0.05, 0.1) is 11.6 Å². The third kappa shape index (κ3) is 3.67. The van der Waals surface area contributed by atoms with Gasteiger partial charge < -0.3 is 8.54 Å². The molecule has 0 fully saturated rings. The first-order chi connectivity index (χ1) is 11.5. The Balaban J connectivity index is 1.84. The highest BCUT2D eigenvalue weighted by Gasteiger charge is 2.27. The molecule has 1 heterocycles. The lowest BCUT2D eigenvalue weighted by Gasteiger charge is -2.10. The molecule has 0 aromatic heterocycles. The predicted molar refractivity (Wildman–Crippen MR) is 100 cm³/mol. The summed E-state index contributed by atoms with van der Waals surface area (Å²) in [6, 6.07) is 17.2. The molecule has 0 amide bonds. The van der Waals surface area contributed by atoms with Gasteiger partial charge in [-0.25, -0.2) is 0 Å². The summed E-state index contributed by atoms with van der Waals surface area (Å²) in [5.41, 5.74) is 4.85. The molecule has 0 bridgehead atoms. The molecule has 0 atom stereocenters. The van der Waals surface area contributed by atoms with Gasteiger partial charge in [-0.15, -0.1) is 0 Å². The molecular weight excluding hydrogens is 312 g/mol. The van der Waals surface area contributed by atoms with Crippen molar-refractivity contribution in [2.75, 3.05) is 0 Å². The third-order valence-corrected chi connectivity index (χ3v) is 4.90. The second-order valence-corrected chi connectivity index (χ2v) is 7.29. The lowest BCUT2D eigenvalue weighted by Crippen LogP contribution is -2.11. The molecule has 0 saturated heterocycles. The fraction of sp³-hybridized carbons (Fsp3) is 0.286. The second-order valence-electron chi connectivity index (χ2n) is 6.71. The molecule has 0 spiro atoms. The molecule has 122 valence electrons. The van der Waals surface area contributed by atoms with E-state index in [4.69, 9.17) is 8.54 Å². The van der Waals surface area contributed by atoms with Crippen LogP contribution < -0.4 is 0 Å². The van der Waals surface area contributed by atoms with Crippen LogP contribution in [0.4, 0.5) is 0 Å². The van der Waals surface area contributed by atoms with Crippen LogP contribution in [0.2, 0.25) is 0 Å². The topological polar surface area (TPSA) is 20.5 Å². The first-order valence-electron chi connectivity index (χ1n) is 8.42. The zero-order valence-electron chi connectivity index (χ0n) is 14.7. The normalized spacial score (nSPS) is 14.4. The van der Waals surface area contributed by atoms with Crippen LogP contribution in [-0.4, -0.2) is 15.8 Å². The highest BCUT2D eigenvalue weighted by atomic mass is 28.2. The molecule has 3 rings (SSSR count). The SMILES string of the molecule is CC(C)c1ccc(C2=CC(c3ccc(C(C)C)cc3)=[O+][Si]O2)cc1. The Morgan fingerprint density at radius 2 is 1.25 bits per heavy atom. The Hall–Kier alpha value is -2.13. The average molecular weight is 335 g/mol. The Morgan fingerprint density at radius 3 is 1.75 bits per heavy atom. The van der Waals surface area contributed by atoms with E-state index >= 15 is 0 Å². The summed E-state index contributed by atoms with van der Waals surface area (Å²) in [5.74, 6) is 2.81. The number of hydrogen-bond acceptors (Lipinski definition) is 1. The van der Waals surface area contributed by atoms with E-state index in [2.05, 4.69) is 76.2 Å². The van der Waals surface area contributed by atoms with Crippen molar-refractivity contribution in [3.63, 3.8) is 0 Å². The maximum atomic E-state index is 5.72. The third-order valence-electron chi connectivity index (χ3n) is 4.29. The zero-order valence-corrected chi connectivity index (χ0v) is 15.7. The Labute approximate surface area is 146 Å². The summed E-state index contributed by atoms with van der Waals surface area (Å²) < 4.78 is 11.4. The summed E-state index contributed by atoms with van der Waals surface area (Å²) in [6.45, 7) is 8.81. The van der Waals surface area contributed by atoms with Crippen LogP contribution in [0.1, 0.15) is 65.9 Å². The molecule has 2 aromatic rings. The quantitative estimate of drug-likeness (QED) is 0.551. The molecule has 1 aliphatic heterocycles. The van der Waals surface area contributed by atoms with Crippen molar-refractivity contribution < 1.29 is 8.54 Å². The fourth-order valence-electron chi connectivity index (χ4n) is 2.64. The van der Waals surface area contributed by atoms with Crippen LogP contribution in [0.5, 0.6) is 0 Å². The minimum absolute atomic E-state index is 0.00677. The van der Waals surface area contributed by atoms with Crippen LogP contribution >= 0.6 is 0 Å². The van der Waals surface area contributed by atoms with Crippen molar-refractivity contribution in [1.82, 2.24) is 0 Å². The average Bonchev–Trinajstić information content (AvgIpc) is 2.62. The van der Waals surface area contributed by atoms with Crippen molar-refractivity contribution in [1.29, 1.82) is 0 Å². The summed E-state index contributed by atoms with van der Waals surface area (Å²) in [4.78, 5) is 0. The molecule has 0 N–H and O–H groups in total. The molecule has 24 heavy (non-hydrogen) atoms. The minimum atomic E-state index is -0.00677. The fourth-order valence-corrected chi connectivity index (χ4v) is 3.21. The molecule has 0 unspecified atom stereocenters. The first kappa shape index (κ1) is 16.7. The standard InChI is InChI=1S/C21H23O2Si/c1-14(2)16-5-9-18(10-6-16)20-13-21(23-24-22-20)19-11-7-17(8-12-19)15(3)4/h5-15H,1-4H3/q+1. The number of allylic oxidation sites excluding steroid dienone is 1. The van der Waals surface area contributed by atoms with E-state index in [-0.39, 0.29) is 10.0 Å². The van der Waals surface area contributed by atoms with E-state index in [9.17, 15) is 0 Å². The predicted octanol–water partition coefficient (Wildman–Crippen LogP) is 5.26. The number of rotatable bonds is 4. The van der Waals surface area contributed by atoms with Gasteiger partial charge in [-0.3, -0.25) is 0 Å². The first-order valence-corrected chi connectivity index (χ1v) is 9.24. The van der Waals surface area contributed by atoms with Gasteiger partial charge in [-0.1, -0.05) is 64.1 Å². The molecule has 0 saturated carbocycles. The number of ketones is 1. The molecule has 2 nitrogen and oxygen atoms in total. The lowest BCUT2D eigenvalue weighted by molar-refractivity contribution is -0.101. The van der Waals surface area contributed by atoms with Crippen LogP contribution in [0.3, 0.4) is 0 Å². The van der Waals surface area contributed by atoms with Gasteiger partial charge in [0.2, 0.25) is 0 Å². The molecule has 3 heteroatoms. The van der Waals surface area contributed by atoms with E-state index in [1.54, 1.807) is 0 Å². The van der Waals surface area contributed by atoms with Gasteiger partial charge in [-0.05, 0) is 35.1 Å². The van der Waals surface area contributed by atoms with Crippen LogP contribution in [0, 0.1) is 0 Å².